The van der Waals surface area contributed by atoms with E-state index in [1.807, 2.05) is 17.6 Å². The minimum absolute atomic E-state index is 0.720. The maximum absolute atomic E-state index is 6.33. The quantitative estimate of drug-likeness (QED) is 0.733. The molecule has 1 N–H and O–H groups in total. The summed E-state index contributed by atoms with van der Waals surface area (Å²) in [6.07, 6.45) is 0. The number of hydrogen-bond acceptors (Lipinski definition) is 3. The number of benzene rings is 1. The van der Waals surface area contributed by atoms with Crippen molar-refractivity contribution >= 4 is 38.8 Å². The van der Waals surface area contributed by atoms with Crippen LogP contribution in [0.5, 0.6) is 0 Å². The summed E-state index contributed by atoms with van der Waals surface area (Å²) in [6, 6.07) is 6.18. The van der Waals surface area contributed by atoms with E-state index >= 15 is 0 Å². The first-order valence-corrected chi connectivity index (χ1v) is 8.28. The highest BCUT2D eigenvalue weighted by atomic mass is 35.5. The molecular formula is C16H18ClN3S. The lowest BCUT2D eigenvalue weighted by Gasteiger charge is -2.10. The van der Waals surface area contributed by atoms with Gasteiger partial charge in [0.15, 0.2) is 0 Å². The summed E-state index contributed by atoms with van der Waals surface area (Å²) in [5.41, 5.74) is 7.65. The molecule has 3 rings (SSSR count). The standard InChI is InChI=1S/C16H18ClN3S/c1-4-20-10(2)7-12(11(20)3)8-18-15-13(17)5-6-14-16(15)19-9-21-14/h5-7,9,18H,4,8H2,1-3H3. The van der Waals surface area contributed by atoms with Crippen LogP contribution in [0.1, 0.15) is 23.9 Å². The lowest BCUT2D eigenvalue weighted by atomic mass is 10.2. The van der Waals surface area contributed by atoms with Crippen LogP contribution in [-0.4, -0.2) is 9.55 Å². The normalized spacial score (nSPS) is 11.2. The second-order valence-electron chi connectivity index (χ2n) is 5.12. The number of hydrogen-bond donors (Lipinski definition) is 1. The van der Waals surface area contributed by atoms with E-state index in [1.54, 1.807) is 11.3 Å². The molecule has 2 aromatic heterocycles. The molecule has 0 atom stereocenters. The summed E-state index contributed by atoms with van der Waals surface area (Å²) in [4.78, 5) is 4.42. The molecule has 3 nitrogen and oxygen atoms in total. The number of anilines is 1. The zero-order valence-corrected chi connectivity index (χ0v) is 14.0. The molecule has 3 aromatic rings. The number of thiazole rings is 1. The van der Waals surface area contributed by atoms with Gasteiger partial charge in [-0.2, -0.15) is 0 Å². The maximum atomic E-state index is 6.33. The largest absolute Gasteiger partial charge is 0.378 e. The monoisotopic (exact) mass is 319 g/mol. The molecule has 0 saturated heterocycles. The van der Waals surface area contributed by atoms with E-state index in [9.17, 15) is 0 Å². The number of nitrogens with zero attached hydrogens (tertiary/aromatic N) is 2. The van der Waals surface area contributed by atoms with E-state index in [-0.39, 0.29) is 0 Å². The van der Waals surface area contributed by atoms with Gasteiger partial charge >= 0.3 is 0 Å². The molecule has 21 heavy (non-hydrogen) atoms. The molecule has 0 spiro atoms. The first-order chi connectivity index (χ1) is 10.1. The van der Waals surface area contributed by atoms with Gasteiger partial charge in [-0.15, -0.1) is 11.3 Å². The molecule has 5 heteroatoms. The second kappa shape index (κ2) is 5.70. The Kier molecular flexibility index (Phi) is 3.91. The van der Waals surface area contributed by atoms with Crippen molar-refractivity contribution in [1.82, 2.24) is 9.55 Å². The van der Waals surface area contributed by atoms with E-state index in [0.717, 1.165) is 34.0 Å². The Bertz CT molecular complexity index is 788. The van der Waals surface area contributed by atoms with Crippen molar-refractivity contribution in [2.75, 3.05) is 5.32 Å². The van der Waals surface area contributed by atoms with Crippen molar-refractivity contribution < 1.29 is 0 Å². The number of halogens is 1. The zero-order valence-electron chi connectivity index (χ0n) is 12.4. The van der Waals surface area contributed by atoms with Gasteiger partial charge in [0.2, 0.25) is 0 Å². The highest BCUT2D eigenvalue weighted by Crippen LogP contribution is 2.32. The van der Waals surface area contributed by atoms with Crippen LogP contribution in [0.3, 0.4) is 0 Å². The van der Waals surface area contributed by atoms with Crippen LogP contribution in [0.15, 0.2) is 23.7 Å². The van der Waals surface area contributed by atoms with Gasteiger partial charge in [-0.05, 0) is 44.5 Å². The molecule has 0 aliphatic carbocycles. The SMILES string of the molecule is CCn1c(C)cc(CNc2c(Cl)ccc3scnc23)c1C. The number of rotatable bonds is 4. The van der Waals surface area contributed by atoms with Crippen LogP contribution in [0.4, 0.5) is 5.69 Å². The Hall–Kier alpha value is -1.52. The fourth-order valence-corrected chi connectivity index (χ4v) is 3.70. The summed E-state index contributed by atoms with van der Waals surface area (Å²) >= 11 is 7.96. The molecule has 0 fully saturated rings. The number of aromatic nitrogens is 2. The summed E-state index contributed by atoms with van der Waals surface area (Å²) in [6.45, 7) is 8.24. The number of aryl methyl sites for hydroxylation is 1. The lowest BCUT2D eigenvalue weighted by Crippen LogP contribution is -2.03. The molecular weight excluding hydrogens is 302 g/mol. The van der Waals surface area contributed by atoms with Crippen LogP contribution in [0, 0.1) is 13.8 Å². The molecule has 0 amide bonds. The van der Waals surface area contributed by atoms with Crippen LogP contribution in [-0.2, 0) is 13.1 Å². The molecule has 0 radical (unpaired) electrons. The fourth-order valence-electron chi connectivity index (χ4n) is 2.80. The van der Waals surface area contributed by atoms with Gasteiger partial charge in [0.25, 0.3) is 0 Å². The smallest absolute Gasteiger partial charge is 0.106 e. The fraction of sp³-hybridized carbons (Fsp3) is 0.312. The van der Waals surface area contributed by atoms with E-state index in [0.29, 0.717) is 0 Å². The van der Waals surface area contributed by atoms with E-state index < -0.39 is 0 Å². The predicted molar refractivity (Wildman–Crippen MR) is 91.5 cm³/mol. The molecule has 2 heterocycles. The van der Waals surface area contributed by atoms with Crippen molar-refractivity contribution in [2.45, 2.75) is 33.9 Å². The van der Waals surface area contributed by atoms with E-state index in [4.69, 9.17) is 11.6 Å². The zero-order chi connectivity index (χ0) is 15.0. The average Bonchev–Trinajstić information content (AvgIpc) is 3.03. The van der Waals surface area contributed by atoms with Crippen molar-refractivity contribution in [3.63, 3.8) is 0 Å². The van der Waals surface area contributed by atoms with Crippen LogP contribution in [0.2, 0.25) is 5.02 Å². The highest BCUT2D eigenvalue weighted by Gasteiger charge is 2.11. The summed E-state index contributed by atoms with van der Waals surface area (Å²) < 4.78 is 3.48. The lowest BCUT2D eigenvalue weighted by molar-refractivity contribution is 0.715. The van der Waals surface area contributed by atoms with Gasteiger partial charge in [-0.3, -0.25) is 0 Å². The summed E-state index contributed by atoms with van der Waals surface area (Å²) in [5.74, 6) is 0. The summed E-state index contributed by atoms with van der Waals surface area (Å²) in [5, 5.41) is 4.18. The summed E-state index contributed by atoms with van der Waals surface area (Å²) in [7, 11) is 0. The van der Waals surface area contributed by atoms with Gasteiger partial charge in [0.1, 0.15) is 5.52 Å². The molecule has 0 aliphatic heterocycles. The van der Waals surface area contributed by atoms with Gasteiger partial charge in [-0.1, -0.05) is 11.6 Å². The van der Waals surface area contributed by atoms with Crippen LogP contribution >= 0.6 is 22.9 Å². The average molecular weight is 320 g/mol. The maximum Gasteiger partial charge on any atom is 0.106 e. The van der Waals surface area contributed by atoms with Crippen molar-refractivity contribution in [1.29, 1.82) is 0 Å². The minimum atomic E-state index is 0.720. The van der Waals surface area contributed by atoms with Crippen molar-refractivity contribution in [3.05, 3.63) is 45.7 Å². The van der Waals surface area contributed by atoms with Crippen molar-refractivity contribution in [2.24, 2.45) is 0 Å². The Morgan fingerprint density at radius 1 is 1.33 bits per heavy atom. The molecule has 110 valence electrons. The first-order valence-electron chi connectivity index (χ1n) is 7.03. The second-order valence-corrected chi connectivity index (χ2v) is 6.41. The third kappa shape index (κ3) is 2.54. The Morgan fingerprint density at radius 2 is 2.14 bits per heavy atom. The van der Waals surface area contributed by atoms with Crippen LogP contribution < -0.4 is 5.32 Å². The minimum Gasteiger partial charge on any atom is -0.378 e. The Morgan fingerprint density at radius 3 is 2.86 bits per heavy atom. The van der Waals surface area contributed by atoms with Gasteiger partial charge in [0, 0.05) is 24.5 Å². The first kappa shape index (κ1) is 14.4. The van der Waals surface area contributed by atoms with E-state index in [2.05, 4.69) is 41.7 Å². The topological polar surface area (TPSA) is 29.9 Å². The van der Waals surface area contributed by atoms with Crippen molar-refractivity contribution in [3.8, 4) is 0 Å². The third-order valence-electron chi connectivity index (χ3n) is 3.90. The van der Waals surface area contributed by atoms with Crippen LogP contribution in [0.25, 0.3) is 10.2 Å². The molecule has 0 unspecified atom stereocenters. The predicted octanol–water partition coefficient (Wildman–Crippen LogP) is 5.00. The van der Waals surface area contributed by atoms with Gasteiger partial charge in [-0.25, -0.2) is 4.98 Å². The highest BCUT2D eigenvalue weighted by molar-refractivity contribution is 7.16. The molecule has 1 aromatic carbocycles. The van der Waals surface area contributed by atoms with E-state index in [1.165, 1.54) is 17.0 Å². The third-order valence-corrected chi connectivity index (χ3v) is 5.01. The Labute approximate surface area is 133 Å². The molecule has 0 bridgehead atoms. The number of fused-ring (bicyclic) bond motifs is 1. The molecule has 0 saturated carbocycles. The van der Waals surface area contributed by atoms with Gasteiger partial charge in [0.05, 0.1) is 20.9 Å². The number of nitrogens with one attached hydrogen (secondary N) is 1. The Balaban J connectivity index is 1.90. The van der Waals surface area contributed by atoms with Gasteiger partial charge < -0.3 is 9.88 Å². The molecule has 0 aliphatic rings.